The number of hydrogen-bond acceptors (Lipinski definition) is 3. The normalized spacial score (nSPS) is 13.6. The highest BCUT2D eigenvalue weighted by Crippen LogP contribution is 2.18. The number of alkyl halides is 1. The van der Waals surface area contributed by atoms with Crippen LogP contribution in [0.3, 0.4) is 0 Å². The van der Waals surface area contributed by atoms with Crippen molar-refractivity contribution >= 4 is 14.2 Å². The highest BCUT2D eigenvalue weighted by molar-refractivity contribution is 7.32. The molecule has 0 saturated carbocycles. The number of halogens is 1. The Morgan fingerprint density at radius 2 is 2.31 bits per heavy atom. The molecule has 6 heteroatoms. The molecule has 76 valence electrons. The van der Waals surface area contributed by atoms with Gasteiger partial charge in [-0.3, -0.25) is 0 Å². The van der Waals surface area contributed by atoms with Crippen LogP contribution in [0.2, 0.25) is 0 Å². The number of carbonyl (C=O) groups excluding carboxylic acids is 1. The van der Waals surface area contributed by atoms with Crippen molar-refractivity contribution in [2.45, 2.75) is 38.8 Å². The van der Waals surface area contributed by atoms with Crippen LogP contribution in [0.5, 0.6) is 0 Å². The maximum absolute atomic E-state index is 12.8. The van der Waals surface area contributed by atoms with E-state index in [1.807, 2.05) is 6.92 Å². The van der Waals surface area contributed by atoms with Crippen molar-refractivity contribution in [1.82, 2.24) is 0 Å². The second-order valence-corrected chi connectivity index (χ2v) is 3.30. The van der Waals surface area contributed by atoms with Crippen LogP contribution in [0.1, 0.15) is 32.6 Å². The topological polar surface area (TPSA) is 63.6 Å². The van der Waals surface area contributed by atoms with E-state index in [0.717, 1.165) is 6.42 Å². The Hall–Kier alpha value is -0.540. The zero-order chi connectivity index (χ0) is 10.3. The van der Waals surface area contributed by atoms with Gasteiger partial charge in [0.2, 0.25) is 0 Å². The van der Waals surface area contributed by atoms with Crippen molar-refractivity contribution in [3.05, 3.63) is 0 Å². The van der Waals surface area contributed by atoms with Gasteiger partial charge in [-0.15, -0.1) is 4.89 Å². The molecule has 0 bridgehead atoms. The van der Waals surface area contributed by atoms with Crippen molar-refractivity contribution in [3.8, 4) is 0 Å². The summed E-state index contributed by atoms with van der Waals surface area (Å²) in [7, 11) is -2.95. The second kappa shape index (κ2) is 6.92. The Morgan fingerprint density at radius 3 is 2.77 bits per heavy atom. The molecule has 0 radical (unpaired) electrons. The minimum Gasteiger partial charge on any atom is -0.247 e. The van der Waals surface area contributed by atoms with E-state index in [2.05, 4.69) is 4.52 Å². The molecule has 0 aliphatic rings. The first-order valence-corrected chi connectivity index (χ1v) is 5.20. The molecule has 0 amide bonds. The lowest BCUT2D eigenvalue weighted by atomic mass is 10.1. The number of hydrogen-bond donors (Lipinski definition) is 1. The average molecular weight is 211 g/mol. The fraction of sp³-hybridized carbons (Fsp3) is 0.857. The van der Waals surface area contributed by atoms with Crippen LogP contribution in [0, 0.1) is 0 Å². The summed E-state index contributed by atoms with van der Waals surface area (Å²) in [6, 6.07) is 0. The molecule has 0 spiro atoms. The van der Waals surface area contributed by atoms with Crippen LogP contribution in [-0.4, -0.2) is 17.0 Å². The quantitative estimate of drug-likeness (QED) is 0.683. The lowest BCUT2D eigenvalue weighted by Gasteiger charge is -2.02. The van der Waals surface area contributed by atoms with Crippen LogP contribution in [-0.2, 0) is 13.9 Å². The van der Waals surface area contributed by atoms with E-state index in [1.54, 1.807) is 0 Å². The summed E-state index contributed by atoms with van der Waals surface area (Å²) in [5.41, 5.74) is 0. The van der Waals surface area contributed by atoms with Crippen molar-refractivity contribution in [2.75, 3.05) is 0 Å². The van der Waals surface area contributed by atoms with Gasteiger partial charge < -0.3 is 0 Å². The van der Waals surface area contributed by atoms with Gasteiger partial charge in [0, 0.05) is 4.57 Å². The molecule has 0 fully saturated rings. The zero-order valence-electron chi connectivity index (χ0n) is 7.40. The summed E-state index contributed by atoms with van der Waals surface area (Å²) in [5.74, 6) is -0.966. The molecule has 0 aromatic heterocycles. The maximum Gasteiger partial charge on any atom is 0.750 e. The maximum atomic E-state index is 12.8. The van der Waals surface area contributed by atoms with E-state index in [9.17, 15) is 13.8 Å². The molecular weight excluding hydrogens is 198 g/mol. The fourth-order valence-electron chi connectivity index (χ4n) is 0.833. The molecule has 2 unspecified atom stereocenters. The standard InChI is InChI=1S/C7H12FO4P/c1-2-3-4-6(8)5-7(9)12-13(10)11/h6H,2-5H2,1H3/p+1. The molecule has 0 aromatic carbocycles. The van der Waals surface area contributed by atoms with E-state index in [0.29, 0.717) is 6.42 Å². The van der Waals surface area contributed by atoms with E-state index < -0.39 is 26.8 Å². The van der Waals surface area contributed by atoms with Crippen molar-refractivity contribution in [1.29, 1.82) is 0 Å². The first-order valence-electron chi connectivity index (χ1n) is 4.07. The van der Waals surface area contributed by atoms with Crippen molar-refractivity contribution in [2.24, 2.45) is 0 Å². The summed E-state index contributed by atoms with van der Waals surface area (Å²) >= 11 is 0. The van der Waals surface area contributed by atoms with E-state index in [4.69, 9.17) is 4.89 Å². The van der Waals surface area contributed by atoms with Gasteiger partial charge in [-0.25, -0.2) is 9.18 Å². The van der Waals surface area contributed by atoms with Crippen LogP contribution in [0.25, 0.3) is 0 Å². The molecule has 4 nitrogen and oxygen atoms in total. The third-order valence-electron chi connectivity index (χ3n) is 1.44. The van der Waals surface area contributed by atoms with E-state index >= 15 is 0 Å². The van der Waals surface area contributed by atoms with Gasteiger partial charge in [0.05, 0.1) is 6.42 Å². The third-order valence-corrected chi connectivity index (χ3v) is 1.80. The SMILES string of the molecule is CCCCC(F)CC(=O)O[P+](=O)O. The molecule has 2 atom stereocenters. The molecule has 0 rings (SSSR count). The number of unbranched alkanes of at least 4 members (excludes halogenated alkanes) is 1. The van der Waals surface area contributed by atoms with Crippen LogP contribution >= 0.6 is 8.25 Å². The molecule has 13 heavy (non-hydrogen) atoms. The Labute approximate surface area is 77.0 Å². The van der Waals surface area contributed by atoms with Gasteiger partial charge in [-0.2, -0.15) is 4.52 Å². The fourth-order valence-corrected chi connectivity index (χ4v) is 1.08. The van der Waals surface area contributed by atoms with Gasteiger partial charge in [0.15, 0.2) is 0 Å². The van der Waals surface area contributed by atoms with Gasteiger partial charge >= 0.3 is 14.2 Å². The Bertz CT molecular complexity index is 185. The average Bonchev–Trinajstić information content (AvgIpc) is 1.98. The first-order chi connectivity index (χ1) is 6.06. The minimum absolute atomic E-state index is 0.286. The molecule has 1 N–H and O–H groups in total. The second-order valence-electron chi connectivity index (χ2n) is 2.64. The predicted octanol–water partition coefficient (Wildman–Crippen LogP) is 2.10. The Morgan fingerprint density at radius 1 is 1.69 bits per heavy atom. The highest BCUT2D eigenvalue weighted by atomic mass is 31.1. The lowest BCUT2D eigenvalue weighted by molar-refractivity contribution is -0.135. The van der Waals surface area contributed by atoms with Gasteiger partial charge in [-0.1, -0.05) is 19.8 Å². The monoisotopic (exact) mass is 211 g/mol. The Balaban J connectivity index is 3.59. The van der Waals surface area contributed by atoms with Gasteiger partial charge in [0.25, 0.3) is 0 Å². The predicted molar refractivity (Wildman–Crippen MR) is 45.0 cm³/mol. The van der Waals surface area contributed by atoms with Crippen molar-refractivity contribution in [3.63, 3.8) is 0 Å². The largest absolute Gasteiger partial charge is 0.750 e. The number of carbonyl (C=O) groups is 1. The van der Waals surface area contributed by atoms with Gasteiger partial charge in [-0.05, 0) is 6.42 Å². The van der Waals surface area contributed by atoms with E-state index in [-0.39, 0.29) is 6.42 Å². The summed E-state index contributed by atoms with van der Waals surface area (Å²) in [6.45, 7) is 1.91. The van der Waals surface area contributed by atoms with E-state index in [1.165, 1.54) is 0 Å². The molecule has 0 aromatic rings. The molecule has 0 aliphatic carbocycles. The highest BCUT2D eigenvalue weighted by Gasteiger charge is 2.23. The summed E-state index contributed by atoms with van der Waals surface area (Å²) in [6.07, 6.45) is 0.112. The number of rotatable bonds is 6. The minimum atomic E-state index is -2.95. The van der Waals surface area contributed by atoms with Crippen LogP contribution in [0.4, 0.5) is 4.39 Å². The third kappa shape index (κ3) is 7.81. The summed E-state index contributed by atoms with van der Waals surface area (Å²) in [4.78, 5) is 18.8. The molecule has 0 saturated heterocycles. The van der Waals surface area contributed by atoms with Gasteiger partial charge in [0.1, 0.15) is 6.17 Å². The Kier molecular flexibility index (Phi) is 6.63. The molecular formula is C7H13FO4P+. The molecule has 0 heterocycles. The van der Waals surface area contributed by atoms with Crippen molar-refractivity contribution < 1.29 is 23.2 Å². The molecule has 0 aliphatic heterocycles. The zero-order valence-corrected chi connectivity index (χ0v) is 8.30. The summed E-state index contributed by atoms with van der Waals surface area (Å²) < 4.78 is 26.7. The lowest BCUT2D eigenvalue weighted by Crippen LogP contribution is -2.09. The van der Waals surface area contributed by atoms with Crippen LogP contribution < -0.4 is 0 Å². The van der Waals surface area contributed by atoms with Crippen LogP contribution in [0.15, 0.2) is 0 Å². The smallest absolute Gasteiger partial charge is 0.247 e. The summed E-state index contributed by atoms with van der Waals surface area (Å²) in [5, 5.41) is 0. The first kappa shape index (κ1) is 12.5.